The molecule has 1 rings (SSSR count). The number of nitrogens with one attached hydrogen (secondary N) is 1. The molecule has 12 heavy (non-hydrogen) atoms. The van der Waals surface area contributed by atoms with Crippen LogP contribution in [0.4, 0.5) is 0 Å². The molecule has 0 aromatic rings. The maximum Gasteiger partial charge on any atom is 0.244 e. The highest BCUT2D eigenvalue weighted by atomic mass is 28.2. The van der Waals surface area contributed by atoms with Crippen molar-refractivity contribution in [3.8, 4) is 0 Å². The molecule has 0 unspecified atom stereocenters. The molecule has 0 atom stereocenters. The van der Waals surface area contributed by atoms with Crippen LogP contribution in [-0.4, -0.2) is 28.6 Å². The zero-order chi connectivity index (χ0) is 8.65. The van der Waals surface area contributed by atoms with Crippen molar-refractivity contribution in [2.75, 3.05) is 12.8 Å². The highest BCUT2D eigenvalue weighted by Gasteiger charge is 2.11. The molecule has 0 spiro atoms. The van der Waals surface area contributed by atoms with Gasteiger partial charge in [0.1, 0.15) is 0 Å². The van der Waals surface area contributed by atoms with Crippen LogP contribution in [0, 0.1) is 0 Å². The van der Waals surface area contributed by atoms with E-state index in [0.717, 1.165) is 18.8 Å². The van der Waals surface area contributed by atoms with Crippen LogP contribution in [0.1, 0.15) is 39.0 Å². The first-order chi connectivity index (χ1) is 5.93. The fourth-order valence-corrected chi connectivity index (χ4v) is 2.32. The molecule has 0 amide bonds. The van der Waals surface area contributed by atoms with E-state index in [-0.39, 0.29) is 0 Å². The van der Waals surface area contributed by atoms with E-state index in [2.05, 4.69) is 5.32 Å². The fraction of sp³-hybridized carbons (Fsp3) is 1.00. The normalized spacial score (nSPS) is 19.8. The van der Waals surface area contributed by atoms with Crippen LogP contribution >= 0.6 is 0 Å². The molecule has 0 aliphatic heterocycles. The lowest BCUT2D eigenvalue weighted by atomic mass is 9.96. The zero-order valence-electron chi connectivity index (χ0n) is 7.94. The molecular formula is C9H19NOSi. The van der Waals surface area contributed by atoms with Crippen molar-refractivity contribution in [1.29, 1.82) is 0 Å². The molecule has 1 aliphatic carbocycles. The number of hydrogen-bond acceptors (Lipinski definition) is 2. The van der Waals surface area contributed by atoms with Crippen molar-refractivity contribution in [3.05, 3.63) is 0 Å². The predicted molar refractivity (Wildman–Crippen MR) is 52.3 cm³/mol. The summed E-state index contributed by atoms with van der Waals surface area (Å²) in [6.07, 6.45) is 8.06. The molecule has 1 fully saturated rings. The Morgan fingerprint density at radius 2 is 2.08 bits per heavy atom. The lowest BCUT2D eigenvalue weighted by Crippen LogP contribution is -2.34. The van der Waals surface area contributed by atoms with Crippen LogP contribution in [0.2, 0.25) is 0 Å². The van der Waals surface area contributed by atoms with Crippen molar-refractivity contribution in [1.82, 2.24) is 5.32 Å². The minimum atomic E-state index is 0.645. The van der Waals surface area contributed by atoms with Crippen molar-refractivity contribution in [2.45, 2.75) is 45.1 Å². The predicted octanol–water partition coefficient (Wildman–Crippen LogP) is 1.52. The summed E-state index contributed by atoms with van der Waals surface area (Å²) in [4.78, 5) is 0. The molecule has 1 aliphatic rings. The average Bonchev–Trinajstić information content (AvgIpc) is 2.14. The summed E-state index contributed by atoms with van der Waals surface area (Å²) in [6, 6.07) is 0.784. The van der Waals surface area contributed by atoms with Gasteiger partial charge >= 0.3 is 0 Å². The largest absolute Gasteiger partial charge is 0.416 e. The van der Waals surface area contributed by atoms with E-state index < -0.39 is 0 Å². The Hall–Kier alpha value is 0.137. The van der Waals surface area contributed by atoms with Crippen molar-refractivity contribution < 1.29 is 4.43 Å². The smallest absolute Gasteiger partial charge is 0.244 e. The highest BCUT2D eigenvalue weighted by Crippen LogP contribution is 2.16. The van der Waals surface area contributed by atoms with Crippen LogP contribution in [0.3, 0.4) is 0 Å². The number of rotatable bonds is 5. The van der Waals surface area contributed by atoms with E-state index in [1.54, 1.807) is 0 Å². The molecule has 2 nitrogen and oxygen atoms in total. The lowest BCUT2D eigenvalue weighted by Gasteiger charge is -2.22. The Balaban J connectivity index is 1.91. The van der Waals surface area contributed by atoms with Gasteiger partial charge in [0.05, 0.1) is 0 Å². The molecule has 0 saturated heterocycles. The summed E-state index contributed by atoms with van der Waals surface area (Å²) in [7, 11) is 0.645. The first-order valence-electron chi connectivity index (χ1n) is 5.01. The second-order valence-electron chi connectivity index (χ2n) is 3.29. The van der Waals surface area contributed by atoms with Gasteiger partial charge in [0.2, 0.25) is 9.76 Å². The molecule has 0 heterocycles. The second-order valence-corrected chi connectivity index (χ2v) is 4.22. The summed E-state index contributed by atoms with van der Waals surface area (Å²) in [5, 5.41) is 3.54. The Morgan fingerprint density at radius 3 is 2.75 bits per heavy atom. The van der Waals surface area contributed by atoms with E-state index in [0.29, 0.717) is 9.76 Å². The van der Waals surface area contributed by atoms with Gasteiger partial charge in [-0.15, -0.1) is 0 Å². The second kappa shape index (κ2) is 6.63. The van der Waals surface area contributed by atoms with E-state index in [1.165, 1.54) is 32.1 Å². The van der Waals surface area contributed by atoms with Gasteiger partial charge < -0.3 is 9.74 Å². The summed E-state index contributed by atoms with van der Waals surface area (Å²) < 4.78 is 5.29. The van der Waals surface area contributed by atoms with Crippen LogP contribution < -0.4 is 5.32 Å². The van der Waals surface area contributed by atoms with Gasteiger partial charge in [0.25, 0.3) is 0 Å². The summed E-state index contributed by atoms with van der Waals surface area (Å²) in [5.41, 5.74) is 0. The van der Waals surface area contributed by atoms with Gasteiger partial charge in [-0.05, 0) is 19.8 Å². The summed E-state index contributed by atoms with van der Waals surface area (Å²) in [6.45, 7) is 2.90. The SMILES string of the molecule is CCO[Si]CNC1CCCCC1. The van der Waals surface area contributed by atoms with Gasteiger partial charge in [0.15, 0.2) is 0 Å². The zero-order valence-corrected chi connectivity index (χ0v) is 8.94. The van der Waals surface area contributed by atoms with Crippen LogP contribution in [0.5, 0.6) is 0 Å². The third-order valence-corrected chi connectivity index (χ3v) is 3.16. The standard InChI is InChI=1S/C9H19NOSi/c1-2-11-12-8-10-9-6-4-3-5-7-9/h9-10H,2-8H2,1H3. The van der Waals surface area contributed by atoms with Crippen LogP contribution in [-0.2, 0) is 4.43 Å². The van der Waals surface area contributed by atoms with Crippen molar-refractivity contribution >= 4 is 9.76 Å². The Morgan fingerprint density at radius 1 is 1.33 bits per heavy atom. The molecule has 70 valence electrons. The third-order valence-electron chi connectivity index (χ3n) is 2.31. The Kier molecular flexibility index (Phi) is 5.65. The topological polar surface area (TPSA) is 21.3 Å². The number of hydrogen-bond donors (Lipinski definition) is 1. The summed E-state index contributed by atoms with van der Waals surface area (Å²) in [5.74, 6) is 0. The van der Waals surface area contributed by atoms with E-state index in [4.69, 9.17) is 4.43 Å². The van der Waals surface area contributed by atoms with Gasteiger partial charge in [0, 0.05) is 18.8 Å². The highest BCUT2D eigenvalue weighted by molar-refractivity contribution is 6.27. The molecule has 3 heteroatoms. The average molecular weight is 185 g/mol. The van der Waals surface area contributed by atoms with E-state index >= 15 is 0 Å². The van der Waals surface area contributed by atoms with Crippen molar-refractivity contribution in [2.24, 2.45) is 0 Å². The van der Waals surface area contributed by atoms with Crippen molar-refractivity contribution in [3.63, 3.8) is 0 Å². The van der Waals surface area contributed by atoms with Gasteiger partial charge in [-0.25, -0.2) is 0 Å². The molecule has 1 saturated carbocycles. The molecule has 0 aromatic carbocycles. The van der Waals surface area contributed by atoms with E-state index in [1.807, 2.05) is 6.92 Å². The van der Waals surface area contributed by atoms with Crippen LogP contribution in [0.15, 0.2) is 0 Å². The van der Waals surface area contributed by atoms with E-state index in [9.17, 15) is 0 Å². The minimum Gasteiger partial charge on any atom is -0.416 e. The Labute approximate surface area is 78.0 Å². The molecule has 0 aromatic heterocycles. The van der Waals surface area contributed by atoms with Gasteiger partial charge in [-0.2, -0.15) is 0 Å². The molecule has 0 bridgehead atoms. The minimum absolute atomic E-state index is 0.645. The van der Waals surface area contributed by atoms with Gasteiger partial charge in [-0.3, -0.25) is 0 Å². The molecule has 1 N–H and O–H groups in total. The van der Waals surface area contributed by atoms with Crippen LogP contribution in [0.25, 0.3) is 0 Å². The monoisotopic (exact) mass is 185 g/mol. The quantitative estimate of drug-likeness (QED) is 0.518. The third kappa shape index (κ3) is 4.23. The lowest BCUT2D eigenvalue weighted by molar-refractivity contribution is 0.345. The summed E-state index contributed by atoms with van der Waals surface area (Å²) >= 11 is 0. The Bertz CT molecular complexity index is 105. The molecule has 2 radical (unpaired) electrons. The fourth-order valence-electron chi connectivity index (χ4n) is 1.65. The first-order valence-corrected chi connectivity index (χ1v) is 6.13. The maximum atomic E-state index is 5.29. The first kappa shape index (κ1) is 10.2. The maximum absolute atomic E-state index is 5.29. The van der Waals surface area contributed by atoms with Gasteiger partial charge in [-0.1, -0.05) is 19.3 Å². The molecular weight excluding hydrogens is 166 g/mol.